The smallest absolute Gasteiger partial charge is 0.338 e. The van der Waals surface area contributed by atoms with E-state index in [9.17, 15) is 34.2 Å². The van der Waals surface area contributed by atoms with Crippen LogP contribution in [0.5, 0.6) is 0 Å². The number of esters is 1. The Morgan fingerprint density at radius 1 is 1.07 bits per heavy atom. The lowest BCUT2D eigenvalue weighted by Gasteiger charge is -2.08. The summed E-state index contributed by atoms with van der Waals surface area (Å²) < 4.78 is 18.1. The summed E-state index contributed by atoms with van der Waals surface area (Å²) in [6, 6.07) is 5.65. The maximum Gasteiger partial charge on any atom is 0.338 e. The molecule has 0 spiro atoms. The molecule has 0 aliphatic heterocycles. The number of amides is 1. The number of nitro benzene ring substituents is 2. The molecule has 0 heterocycles. The Balaban J connectivity index is 2.38. The van der Waals surface area contributed by atoms with Crippen molar-refractivity contribution in [3.63, 3.8) is 0 Å². The van der Waals surface area contributed by atoms with Crippen molar-refractivity contribution >= 4 is 28.9 Å². The highest BCUT2D eigenvalue weighted by atomic mass is 19.1. The standard InChI is InChI=1S/C16H12FN3O7/c1-2-27-16(22)10-5-9(6-12(7-10)19(23)24)15(21)18-11-3-4-13(17)14(8-11)20(25)26/h3-8H,2H2,1H3,(H,18,21). The summed E-state index contributed by atoms with van der Waals surface area (Å²) in [6.07, 6.45) is 0. The molecule has 1 amide bonds. The monoisotopic (exact) mass is 377 g/mol. The minimum atomic E-state index is -1.09. The molecule has 2 aromatic carbocycles. The molecule has 0 bridgehead atoms. The minimum absolute atomic E-state index is 0.0301. The summed E-state index contributed by atoms with van der Waals surface area (Å²) in [6.45, 7) is 1.58. The zero-order valence-electron chi connectivity index (χ0n) is 13.8. The fourth-order valence-electron chi connectivity index (χ4n) is 2.11. The lowest BCUT2D eigenvalue weighted by molar-refractivity contribution is -0.387. The minimum Gasteiger partial charge on any atom is -0.462 e. The SMILES string of the molecule is CCOC(=O)c1cc(C(=O)Nc2ccc(F)c([N+](=O)[O-])c2)cc([N+](=O)[O-])c1. The lowest BCUT2D eigenvalue weighted by atomic mass is 10.1. The molecule has 0 radical (unpaired) electrons. The third-order valence-electron chi connectivity index (χ3n) is 3.30. The number of carbonyl (C=O) groups excluding carboxylic acids is 2. The molecule has 27 heavy (non-hydrogen) atoms. The van der Waals surface area contributed by atoms with E-state index in [1.165, 1.54) is 0 Å². The highest BCUT2D eigenvalue weighted by Gasteiger charge is 2.20. The molecule has 0 aliphatic carbocycles. The third kappa shape index (κ3) is 4.60. The molecule has 10 nitrogen and oxygen atoms in total. The van der Waals surface area contributed by atoms with Gasteiger partial charge in [0, 0.05) is 29.4 Å². The number of nitrogens with zero attached hydrogens (tertiary/aromatic N) is 2. The van der Waals surface area contributed by atoms with E-state index in [1.807, 2.05) is 0 Å². The predicted molar refractivity (Wildman–Crippen MR) is 90.1 cm³/mol. The first-order valence-corrected chi connectivity index (χ1v) is 7.44. The second-order valence-electron chi connectivity index (χ2n) is 5.12. The van der Waals surface area contributed by atoms with Crippen molar-refractivity contribution in [2.24, 2.45) is 0 Å². The van der Waals surface area contributed by atoms with Gasteiger partial charge >= 0.3 is 11.7 Å². The van der Waals surface area contributed by atoms with Gasteiger partial charge in [-0.15, -0.1) is 0 Å². The number of carbonyl (C=O) groups is 2. The molecule has 2 rings (SSSR count). The summed E-state index contributed by atoms with van der Waals surface area (Å²) in [7, 11) is 0. The number of nitro groups is 2. The Bertz CT molecular complexity index is 946. The molecule has 0 unspecified atom stereocenters. The van der Waals surface area contributed by atoms with Crippen LogP contribution in [0, 0.1) is 26.0 Å². The largest absolute Gasteiger partial charge is 0.462 e. The van der Waals surface area contributed by atoms with Crippen molar-refractivity contribution < 1.29 is 28.6 Å². The van der Waals surface area contributed by atoms with Gasteiger partial charge in [0.25, 0.3) is 11.6 Å². The molecule has 0 aromatic heterocycles. The highest BCUT2D eigenvalue weighted by Crippen LogP contribution is 2.23. The number of rotatable bonds is 6. The van der Waals surface area contributed by atoms with Crippen molar-refractivity contribution in [2.45, 2.75) is 6.92 Å². The van der Waals surface area contributed by atoms with Gasteiger partial charge in [0.2, 0.25) is 5.82 Å². The van der Waals surface area contributed by atoms with Crippen LogP contribution in [0.2, 0.25) is 0 Å². The number of ether oxygens (including phenoxy) is 1. The zero-order chi connectivity index (χ0) is 20.1. The fourth-order valence-corrected chi connectivity index (χ4v) is 2.11. The van der Waals surface area contributed by atoms with Crippen LogP contribution in [0.15, 0.2) is 36.4 Å². The van der Waals surface area contributed by atoms with Gasteiger partial charge in [0.1, 0.15) is 0 Å². The van der Waals surface area contributed by atoms with Gasteiger partial charge in [0.05, 0.1) is 22.0 Å². The zero-order valence-corrected chi connectivity index (χ0v) is 13.8. The van der Waals surface area contributed by atoms with E-state index in [0.717, 1.165) is 36.4 Å². The van der Waals surface area contributed by atoms with Gasteiger partial charge in [-0.05, 0) is 25.1 Å². The number of hydrogen-bond acceptors (Lipinski definition) is 7. The van der Waals surface area contributed by atoms with Gasteiger partial charge in [-0.1, -0.05) is 0 Å². The first-order valence-electron chi connectivity index (χ1n) is 7.44. The first kappa shape index (κ1) is 19.4. The summed E-state index contributed by atoms with van der Waals surface area (Å²) in [5.41, 5.74) is -1.92. The maximum absolute atomic E-state index is 13.4. The Labute approximate surface area is 150 Å². The van der Waals surface area contributed by atoms with E-state index in [1.54, 1.807) is 6.92 Å². The Morgan fingerprint density at radius 2 is 1.74 bits per heavy atom. The van der Waals surface area contributed by atoms with Crippen LogP contribution in [0.4, 0.5) is 21.5 Å². The van der Waals surface area contributed by atoms with Crippen molar-refractivity contribution in [1.29, 1.82) is 0 Å². The average molecular weight is 377 g/mol. The Morgan fingerprint density at radius 3 is 2.33 bits per heavy atom. The Hall–Kier alpha value is -3.89. The molecule has 2 aromatic rings. The Kier molecular flexibility index (Phi) is 5.75. The van der Waals surface area contributed by atoms with E-state index in [0.29, 0.717) is 0 Å². The van der Waals surface area contributed by atoms with E-state index in [-0.39, 0.29) is 23.4 Å². The topological polar surface area (TPSA) is 142 Å². The quantitative estimate of drug-likeness (QED) is 0.463. The summed E-state index contributed by atoms with van der Waals surface area (Å²) >= 11 is 0. The van der Waals surface area contributed by atoms with Gasteiger partial charge in [0.15, 0.2) is 0 Å². The summed E-state index contributed by atoms with van der Waals surface area (Å²) in [5, 5.41) is 24.0. The number of halogens is 1. The van der Waals surface area contributed by atoms with Crippen LogP contribution in [0.25, 0.3) is 0 Å². The number of anilines is 1. The van der Waals surface area contributed by atoms with E-state index in [4.69, 9.17) is 4.74 Å². The first-order chi connectivity index (χ1) is 12.7. The molecular weight excluding hydrogens is 365 g/mol. The fraction of sp³-hybridized carbons (Fsp3) is 0.125. The molecular formula is C16H12FN3O7. The summed E-state index contributed by atoms with van der Waals surface area (Å²) in [5.74, 6) is -2.82. The van der Waals surface area contributed by atoms with Gasteiger partial charge in [-0.3, -0.25) is 25.0 Å². The number of hydrogen-bond donors (Lipinski definition) is 1. The number of nitrogens with one attached hydrogen (secondary N) is 1. The molecule has 11 heteroatoms. The van der Waals surface area contributed by atoms with Crippen molar-refractivity contribution in [3.8, 4) is 0 Å². The third-order valence-corrected chi connectivity index (χ3v) is 3.30. The molecule has 0 saturated heterocycles. The lowest BCUT2D eigenvalue weighted by Crippen LogP contribution is -2.14. The molecule has 0 saturated carbocycles. The van der Waals surface area contributed by atoms with E-state index >= 15 is 0 Å². The molecule has 0 fully saturated rings. The second kappa shape index (κ2) is 7.99. The molecule has 0 atom stereocenters. The van der Waals surface area contributed by atoms with Crippen LogP contribution < -0.4 is 5.32 Å². The van der Waals surface area contributed by atoms with Crippen molar-refractivity contribution in [1.82, 2.24) is 0 Å². The van der Waals surface area contributed by atoms with Crippen LogP contribution >= 0.6 is 0 Å². The number of non-ortho nitro benzene ring substituents is 1. The van der Waals surface area contributed by atoms with Gasteiger partial charge < -0.3 is 10.1 Å². The van der Waals surface area contributed by atoms with Crippen LogP contribution in [0.1, 0.15) is 27.6 Å². The molecule has 140 valence electrons. The molecule has 1 N–H and O–H groups in total. The average Bonchev–Trinajstić information content (AvgIpc) is 2.62. The second-order valence-corrected chi connectivity index (χ2v) is 5.12. The highest BCUT2D eigenvalue weighted by molar-refractivity contribution is 6.06. The van der Waals surface area contributed by atoms with E-state index < -0.39 is 38.9 Å². The predicted octanol–water partition coefficient (Wildman–Crippen LogP) is 3.07. The summed E-state index contributed by atoms with van der Waals surface area (Å²) in [4.78, 5) is 44.2. The van der Waals surface area contributed by atoms with Crippen LogP contribution in [-0.4, -0.2) is 28.3 Å². The van der Waals surface area contributed by atoms with Crippen molar-refractivity contribution in [2.75, 3.05) is 11.9 Å². The van der Waals surface area contributed by atoms with Gasteiger partial charge in [-0.2, -0.15) is 4.39 Å². The van der Waals surface area contributed by atoms with Crippen molar-refractivity contribution in [3.05, 3.63) is 73.6 Å². The normalized spacial score (nSPS) is 10.1. The molecule has 0 aliphatic rings. The number of benzene rings is 2. The van der Waals surface area contributed by atoms with Gasteiger partial charge in [-0.25, -0.2) is 4.79 Å². The van der Waals surface area contributed by atoms with Crippen LogP contribution in [-0.2, 0) is 4.74 Å². The maximum atomic E-state index is 13.4. The van der Waals surface area contributed by atoms with E-state index in [2.05, 4.69) is 5.32 Å². The van der Waals surface area contributed by atoms with Crippen LogP contribution in [0.3, 0.4) is 0 Å².